The molecule has 0 aliphatic heterocycles. The number of rotatable bonds is 6. The first kappa shape index (κ1) is 15.2. The number of thiophene rings is 1. The van der Waals surface area contributed by atoms with Crippen LogP contribution < -0.4 is 5.32 Å². The second kappa shape index (κ2) is 7.57. The second-order valence-electron chi connectivity index (χ2n) is 4.45. The number of hydrogen-bond acceptors (Lipinski definition) is 2. The van der Waals surface area contributed by atoms with Crippen LogP contribution in [0.3, 0.4) is 0 Å². The van der Waals surface area contributed by atoms with Crippen LogP contribution in [-0.4, -0.2) is 13.1 Å². The van der Waals surface area contributed by atoms with Crippen LogP contribution in [0.4, 0.5) is 0 Å². The van der Waals surface area contributed by atoms with Crippen LogP contribution in [0.1, 0.15) is 32.1 Å². The first-order valence-corrected chi connectivity index (χ1v) is 7.86. The van der Waals surface area contributed by atoms with E-state index in [0.29, 0.717) is 5.92 Å². The number of nitrogens with one attached hydrogen (secondary N) is 1. The Balaban J connectivity index is 2.60. The van der Waals surface area contributed by atoms with Crippen molar-refractivity contribution in [2.24, 2.45) is 5.92 Å². The maximum absolute atomic E-state index is 6.03. The van der Waals surface area contributed by atoms with E-state index in [2.05, 4.69) is 54.2 Å². The van der Waals surface area contributed by atoms with Gasteiger partial charge in [0.15, 0.2) is 0 Å². The van der Waals surface area contributed by atoms with E-state index in [1.807, 2.05) is 0 Å². The molecule has 17 heavy (non-hydrogen) atoms. The minimum Gasteiger partial charge on any atom is -0.313 e. The lowest BCUT2D eigenvalue weighted by molar-refractivity contribution is 0.569. The normalized spacial score (nSPS) is 12.5. The zero-order chi connectivity index (χ0) is 12.8. The standard InChI is InChI=1S/C13H19BrClNS/c1-4-10(8-16-7-9(2)3)5-11-6-12(14)13(15)17-11/h5-6,9,16H,4,7-8H2,1-3H3. The highest BCUT2D eigenvalue weighted by molar-refractivity contribution is 9.10. The highest BCUT2D eigenvalue weighted by Crippen LogP contribution is 2.33. The smallest absolute Gasteiger partial charge is 0.108 e. The van der Waals surface area contributed by atoms with Crippen molar-refractivity contribution in [3.63, 3.8) is 0 Å². The quantitative estimate of drug-likeness (QED) is 0.752. The molecule has 0 spiro atoms. The molecule has 0 saturated heterocycles. The monoisotopic (exact) mass is 335 g/mol. The van der Waals surface area contributed by atoms with Gasteiger partial charge in [-0.2, -0.15) is 0 Å². The fourth-order valence-corrected chi connectivity index (χ4v) is 3.16. The van der Waals surface area contributed by atoms with Gasteiger partial charge in [0.25, 0.3) is 0 Å². The SMILES string of the molecule is CCC(=Cc1cc(Br)c(Cl)s1)CNCC(C)C. The van der Waals surface area contributed by atoms with Gasteiger partial charge >= 0.3 is 0 Å². The average molecular weight is 337 g/mol. The molecule has 0 unspecified atom stereocenters. The fourth-order valence-electron chi connectivity index (χ4n) is 1.44. The van der Waals surface area contributed by atoms with Crippen LogP contribution in [0.5, 0.6) is 0 Å². The third-order valence-electron chi connectivity index (χ3n) is 2.37. The zero-order valence-corrected chi connectivity index (χ0v) is 13.7. The minimum atomic E-state index is 0.693. The van der Waals surface area contributed by atoms with Gasteiger partial charge in [-0.15, -0.1) is 11.3 Å². The molecular weight excluding hydrogens is 318 g/mol. The summed E-state index contributed by atoms with van der Waals surface area (Å²) in [5.41, 5.74) is 1.41. The topological polar surface area (TPSA) is 12.0 Å². The molecule has 1 N–H and O–H groups in total. The van der Waals surface area contributed by atoms with Crippen molar-refractivity contribution in [1.82, 2.24) is 5.32 Å². The highest BCUT2D eigenvalue weighted by atomic mass is 79.9. The molecule has 0 aliphatic carbocycles. The summed E-state index contributed by atoms with van der Waals surface area (Å²) in [6.07, 6.45) is 3.30. The van der Waals surface area contributed by atoms with Crippen LogP contribution in [-0.2, 0) is 0 Å². The molecule has 0 atom stereocenters. The predicted octanol–water partition coefficient (Wildman–Crippen LogP) is 5.20. The van der Waals surface area contributed by atoms with E-state index in [9.17, 15) is 0 Å². The van der Waals surface area contributed by atoms with E-state index < -0.39 is 0 Å². The van der Waals surface area contributed by atoms with Crippen LogP contribution >= 0.6 is 38.9 Å². The van der Waals surface area contributed by atoms with Crippen molar-refractivity contribution >= 4 is 44.9 Å². The molecule has 0 fully saturated rings. The zero-order valence-electron chi connectivity index (χ0n) is 10.5. The molecule has 1 aromatic rings. The Morgan fingerprint density at radius 1 is 1.59 bits per heavy atom. The lowest BCUT2D eigenvalue weighted by atomic mass is 10.1. The summed E-state index contributed by atoms with van der Waals surface area (Å²) < 4.78 is 1.81. The Labute approximate surface area is 121 Å². The van der Waals surface area contributed by atoms with Crippen molar-refractivity contribution in [2.75, 3.05) is 13.1 Å². The molecule has 4 heteroatoms. The van der Waals surface area contributed by atoms with Crippen LogP contribution in [0.25, 0.3) is 6.08 Å². The van der Waals surface area contributed by atoms with Crippen LogP contribution in [0.15, 0.2) is 16.1 Å². The Morgan fingerprint density at radius 3 is 2.76 bits per heavy atom. The van der Waals surface area contributed by atoms with Gasteiger partial charge in [-0.05, 0) is 47.0 Å². The first-order valence-electron chi connectivity index (χ1n) is 5.88. The van der Waals surface area contributed by atoms with Crippen molar-refractivity contribution in [3.05, 3.63) is 25.3 Å². The van der Waals surface area contributed by atoms with Crippen LogP contribution in [0.2, 0.25) is 4.34 Å². The van der Waals surface area contributed by atoms with Crippen molar-refractivity contribution in [3.8, 4) is 0 Å². The van der Waals surface area contributed by atoms with Crippen molar-refractivity contribution in [1.29, 1.82) is 0 Å². The van der Waals surface area contributed by atoms with Gasteiger partial charge < -0.3 is 5.32 Å². The summed E-state index contributed by atoms with van der Waals surface area (Å²) in [6.45, 7) is 8.65. The van der Waals surface area contributed by atoms with Gasteiger partial charge in [0.2, 0.25) is 0 Å². The van der Waals surface area contributed by atoms with E-state index in [1.54, 1.807) is 11.3 Å². The van der Waals surface area contributed by atoms with Gasteiger partial charge in [-0.3, -0.25) is 0 Å². The second-order valence-corrected chi connectivity index (χ2v) is 6.99. The third kappa shape index (κ3) is 5.56. The van der Waals surface area contributed by atoms with E-state index in [-0.39, 0.29) is 0 Å². The Hall–Kier alpha value is 0.170. The van der Waals surface area contributed by atoms with Gasteiger partial charge in [0.1, 0.15) is 4.34 Å². The molecule has 0 amide bonds. The van der Waals surface area contributed by atoms with Gasteiger partial charge in [0, 0.05) is 15.9 Å². The lowest BCUT2D eigenvalue weighted by Crippen LogP contribution is -2.21. The first-order chi connectivity index (χ1) is 8.02. The fraction of sp³-hybridized carbons (Fsp3) is 0.538. The summed E-state index contributed by atoms with van der Waals surface area (Å²) in [6, 6.07) is 2.07. The molecule has 0 aromatic carbocycles. The minimum absolute atomic E-state index is 0.693. The molecule has 1 aromatic heterocycles. The van der Waals surface area contributed by atoms with E-state index in [0.717, 1.165) is 28.3 Å². The Morgan fingerprint density at radius 2 is 2.29 bits per heavy atom. The molecule has 0 bridgehead atoms. The molecule has 1 heterocycles. The van der Waals surface area contributed by atoms with Crippen molar-refractivity contribution < 1.29 is 0 Å². The summed E-state index contributed by atoms with van der Waals surface area (Å²) in [5, 5.41) is 3.47. The summed E-state index contributed by atoms with van der Waals surface area (Å²) in [4.78, 5) is 1.21. The third-order valence-corrected chi connectivity index (χ3v) is 4.79. The van der Waals surface area contributed by atoms with E-state index >= 15 is 0 Å². The van der Waals surface area contributed by atoms with Gasteiger partial charge in [0.05, 0.1) is 0 Å². The number of hydrogen-bond donors (Lipinski definition) is 1. The summed E-state index contributed by atoms with van der Waals surface area (Å²) in [5.74, 6) is 0.693. The Kier molecular flexibility index (Phi) is 6.78. The molecule has 0 aliphatic rings. The molecule has 0 saturated carbocycles. The maximum atomic E-state index is 6.03. The number of halogens is 2. The van der Waals surface area contributed by atoms with Crippen LogP contribution in [0, 0.1) is 5.92 Å². The summed E-state index contributed by atoms with van der Waals surface area (Å²) >= 11 is 11.1. The molecule has 1 rings (SSSR count). The largest absolute Gasteiger partial charge is 0.313 e. The van der Waals surface area contributed by atoms with Gasteiger partial charge in [-0.1, -0.05) is 37.9 Å². The van der Waals surface area contributed by atoms with E-state index in [4.69, 9.17) is 11.6 Å². The lowest BCUT2D eigenvalue weighted by Gasteiger charge is -2.09. The molecule has 96 valence electrons. The van der Waals surface area contributed by atoms with E-state index in [1.165, 1.54) is 10.5 Å². The maximum Gasteiger partial charge on any atom is 0.108 e. The van der Waals surface area contributed by atoms with Gasteiger partial charge in [-0.25, -0.2) is 0 Å². The Bertz CT molecular complexity index is 365. The molecule has 0 radical (unpaired) electrons. The molecular formula is C13H19BrClNS. The van der Waals surface area contributed by atoms with Crippen molar-refractivity contribution in [2.45, 2.75) is 27.2 Å². The predicted molar refractivity (Wildman–Crippen MR) is 83.0 cm³/mol. The summed E-state index contributed by atoms with van der Waals surface area (Å²) in [7, 11) is 0. The molecule has 1 nitrogen and oxygen atoms in total. The average Bonchev–Trinajstić information content (AvgIpc) is 2.56. The highest BCUT2D eigenvalue weighted by Gasteiger charge is 2.03.